The first kappa shape index (κ1) is 21.1. The number of anilines is 1. The van der Waals surface area contributed by atoms with Crippen LogP contribution in [0.2, 0.25) is 0 Å². The number of benzene rings is 3. The molecule has 2 amide bonds. The van der Waals surface area contributed by atoms with Gasteiger partial charge in [-0.05, 0) is 61.0 Å². The quantitative estimate of drug-likeness (QED) is 0.300. The minimum atomic E-state index is -0.398. The lowest BCUT2D eigenvalue weighted by atomic mass is 10.2. The molecule has 3 rings (SSSR count). The molecule has 2 N–H and O–H groups in total. The zero-order chi connectivity index (χ0) is 20.6. The topological polar surface area (TPSA) is 62.7 Å². The van der Waals surface area contributed by atoms with Gasteiger partial charge in [0.25, 0.3) is 0 Å². The monoisotopic (exact) mass is 515 g/mol. The Morgan fingerprint density at radius 3 is 2.45 bits per heavy atom. The number of aryl methyl sites for hydroxylation is 1. The van der Waals surface area contributed by atoms with E-state index in [4.69, 9.17) is 4.74 Å². The molecule has 0 spiro atoms. The predicted octanol–water partition coefficient (Wildman–Crippen LogP) is 6.25. The van der Waals surface area contributed by atoms with Crippen LogP contribution < -0.4 is 15.5 Å². The highest BCUT2D eigenvalue weighted by molar-refractivity contribution is 9.11. The van der Waals surface area contributed by atoms with Crippen LogP contribution in [-0.2, 0) is 6.61 Å². The largest absolute Gasteiger partial charge is 0.489 e. The van der Waals surface area contributed by atoms with Crippen molar-refractivity contribution in [2.45, 2.75) is 13.5 Å². The van der Waals surface area contributed by atoms with Crippen LogP contribution in [0.5, 0.6) is 5.75 Å². The SMILES string of the molecule is Cc1ccc(NC(=O)N/N=C/c2ccc(OCc3ccc(Br)cc3Br)cc2)cc1. The van der Waals surface area contributed by atoms with Crippen LogP contribution in [0.15, 0.2) is 80.8 Å². The van der Waals surface area contributed by atoms with Crippen LogP contribution >= 0.6 is 31.9 Å². The molecule has 0 fully saturated rings. The molecule has 0 saturated carbocycles. The van der Waals surface area contributed by atoms with Crippen LogP contribution in [-0.4, -0.2) is 12.2 Å². The summed E-state index contributed by atoms with van der Waals surface area (Å²) in [6, 6.07) is 20.6. The number of nitrogens with one attached hydrogen (secondary N) is 2. The molecule has 3 aromatic rings. The Kier molecular flexibility index (Phi) is 7.43. The van der Waals surface area contributed by atoms with E-state index in [0.717, 1.165) is 31.4 Å². The summed E-state index contributed by atoms with van der Waals surface area (Å²) in [5.74, 6) is 0.752. The molecule has 0 unspecified atom stereocenters. The maximum Gasteiger partial charge on any atom is 0.339 e. The molecule has 0 aliphatic carbocycles. The van der Waals surface area contributed by atoms with E-state index >= 15 is 0 Å². The molecule has 5 nitrogen and oxygen atoms in total. The summed E-state index contributed by atoms with van der Waals surface area (Å²) in [5, 5.41) is 6.67. The van der Waals surface area contributed by atoms with E-state index in [9.17, 15) is 4.79 Å². The fourth-order valence-electron chi connectivity index (χ4n) is 2.41. The summed E-state index contributed by atoms with van der Waals surface area (Å²) >= 11 is 6.96. The van der Waals surface area contributed by atoms with Crippen LogP contribution in [0.4, 0.5) is 10.5 Å². The van der Waals surface area contributed by atoms with Crippen molar-refractivity contribution in [3.05, 3.63) is 92.4 Å². The minimum absolute atomic E-state index is 0.398. The zero-order valence-corrected chi connectivity index (χ0v) is 18.8. The molecular weight excluding hydrogens is 498 g/mol. The van der Waals surface area contributed by atoms with Crippen molar-refractivity contribution in [2.24, 2.45) is 5.10 Å². The molecule has 0 saturated heterocycles. The lowest BCUT2D eigenvalue weighted by molar-refractivity contribution is 0.252. The number of carbonyl (C=O) groups is 1. The Balaban J connectivity index is 1.48. The highest BCUT2D eigenvalue weighted by Gasteiger charge is 2.03. The summed E-state index contributed by atoms with van der Waals surface area (Å²) in [6.45, 7) is 2.45. The van der Waals surface area contributed by atoms with Crippen molar-refractivity contribution in [3.63, 3.8) is 0 Å². The Hall–Kier alpha value is -2.64. The van der Waals surface area contributed by atoms with E-state index in [0.29, 0.717) is 12.3 Å². The summed E-state index contributed by atoms with van der Waals surface area (Å²) in [4.78, 5) is 11.8. The van der Waals surface area contributed by atoms with Crippen molar-refractivity contribution in [1.29, 1.82) is 0 Å². The first-order valence-corrected chi connectivity index (χ1v) is 10.4. The van der Waals surface area contributed by atoms with Gasteiger partial charge >= 0.3 is 6.03 Å². The molecule has 0 aliphatic heterocycles. The third-order valence-electron chi connectivity index (χ3n) is 3.98. The molecule has 29 heavy (non-hydrogen) atoms. The van der Waals surface area contributed by atoms with Gasteiger partial charge in [-0.2, -0.15) is 5.10 Å². The second-order valence-electron chi connectivity index (χ2n) is 6.28. The highest BCUT2D eigenvalue weighted by atomic mass is 79.9. The number of hydrogen-bond acceptors (Lipinski definition) is 3. The summed E-state index contributed by atoms with van der Waals surface area (Å²) < 4.78 is 7.82. The van der Waals surface area contributed by atoms with Gasteiger partial charge in [0.05, 0.1) is 6.21 Å². The molecule has 148 valence electrons. The summed E-state index contributed by atoms with van der Waals surface area (Å²) in [5.41, 5.74) is 6.19. The van der Waals surface area contributed by atoms with Gasteiger partial charge in [0, 0.05) is 20.2 Å². The number of carbonyl (C=O) groups excluding carboxylic acids is 1. The van der Waals surface area contributed by atoms with Crippen molar-refractivity contribution in [1.82, 2.24) is 5.43 Å². The predicted molar refractivity (Wildman–Crippen MR) is 124 cm³/mol. The second-order valence-corrected chi connectivity index (χ2v) is 8.05. The van der Waals surface area contributed by atoms with E-state index in [2.05, 4.69) is 47.7 Å². The Morgan fingerprint density at radius 2 is 1.76 bits per heavy atom. The molecule has 0 aliphatic rings. The lowest BCUT2D eigenvalue weighted by Gasteiger charge is -2.08. The Labute approximate surface area is 186 Å². The average molecular weight is 517 g/mol. The number of ether oxygens (including phenoxy) is 1. The Morgan fingerprint density at radius 1 is 1.03 bits per heavy atom. The van der Waals surface area contributed by atoms with E-state index in [1.165, 1.54) is 0 Å². The van der Waals surface area contributed by atoms with Crippen molar-refractivity contribution < 1.29 is 9.53 Å². The van der Waals surface area contributed by atoms with Gasteiger partial charge in [-0.25, -0.2) is 10.2 Å². The van der Waals surface area contributed by atoms with Crippen LogP contribution in [0.1, 0.15) is 16.7 Å². The first-order valence-electron chi connectivity index (χ1n) is 8.83. The van der Waals surface area contributed by atoms with Gasteiger partial charge in [-0.3, -0.25) is 0 Å². The van der Waals surface area contributed by atoms with Gasteiger partial charge in [-0.1, -0.05) is 55.6 Å². The first-order chi connectivity index (χ1) is 14.0. The molecule has 7 heteroatoms. The van der Waals surface area contributed by atoms with E-state index in [1.54, 1.807) is 6.21 Å². The van der Waals surface area contributed by atoms with Crippen LogP contribution in [0.3, 0.4) is 0 Å². The average Bonchev–Trinajstić information content (AvgIpc) is 2.70. The van der Waals surface area contributed by atoms with Crippen molar-refractivity contribution in [2.75, 3.05) is 5.32 Å². The smallest absolute Gasteiger partial charge is 0.339 e. The summed E-state index contributed by atoms with van der Waals surface area (Å²) in [6.07, 6.45) is 1.57. The minimum Gasteiger partial charge on any atom is -0.489 e. The number of rotatable bonds is 6. The maximum absolute atomic E-state index is 11.8. The molecule has 0 bridgehead atoms. The zero-order valence-electron chi connectivity index (χ0n) is 15.7. The van der Waals surface area contributed by atoms with Gasteiger partial charge in [0.2, 0.25) is 0 Å². The lowest BCUT2D eigenvalue weighted by Crippen LogP contribution is -2.24. The second kappa shape index (κ2) is 10.2. The van der Waals surface area contributed by atoms with Gasteiger partial charge in [0.1, 0.15) is 12.4 Å². The number of hydrogen-bond donors (Lipinski definition) is 2. The number of amides is 2. The normalized spacial score (nSPS) is 10.7. The third kappa shape index (κ3) is 6.73. The van der Waals surface area contributed by atoms with Crippen LogP contribution in [0, 0.1) is 6.92 Å². The fraction of sp³-hybridized carbons (Fsp3) is 0.0909. The number of halogens is 2. The standard InChI is InChI=1S/C22H19Br2N3O2/c1-15-2-8-19(9-3-15)26-22(28)27-25-13-16-4-10-20(11-5-16)29-14-17-6-7-18(23)12-21(17)24/h2-13H,14H2,1H3,(H2,26,27,28)/b25-13+. The fourth-order valence-corrected chi connectivity index (χ4v) is 3.57. The van der Waals surface area contributed by atoms with Crippen molar-refractivity contribution >= 4 is 49.8 Å². The highest BCUT2D eigenvalue weighted by Crippen LogP contribution is 2.23. The van der Waals surface area contributed by atoms with Crippen LogP contribution in [0.25, 0.3) is 0 Å². The molecular formula is C22H19Br2N3O2. The molecule has 0 atom stereocenters. The van der Waals surface area contributed by atoms with E-state index < -0.39 is 6.03 Å². The third-order valence-corrected chi connectivity index (χ3v) is 5.21. The van der Waals surface area contributed by atoms with E-state index in [-0.39, 0.29) is 0 Å². The number of urea groups is 1. The maximum atomic E-state index is 11.8. The molecule has 0 heterocycles. The molecule has 0 radical (unpaired) electrons. The van der Waals surface area contributed by atoms with E-state index in [1.807, 2.05) is 73.7 Å². The summed E-state index contributed by atoms with van der Waals surface area (Å²) in [7, 11) is 0. The van der Waals surface area contributed by atoms with Gasteiger partial charge < -0.3 is 10.1 Å². The Bertz CT molecular complexity index is 1000. The molecule has 0 aromatic heterocycles. The number of hydrazone groups is 1. The van der Waals surface area contributed by atoms with Gasteiger partial charge in [0.15, 0.2) is 0 Å². The molecule has 3 aromatic carbocycles. The number of nitrogens with zero attached hydrogens (tertiary/aromatic N) is 1. The van der Waals surface area contributed by atoms with Crippen molar-refractivity contribution in [3.8, 4) is 5.75 Å². The van der Waals surface area contributed by atoms with Gasteiger partial charge in [-0.15, -0.1) is 0 Å².